The van der Waals surface area contributed by atoms with Crippen molar-refractivity contribution in [2.75, 3.05) is 32.0 Å². The number of piperidine rings is 1. The fraction of sp³-hybridized carbons (Fsp3) is 0.533. The molecule has 0 aliphatic carbocycles. The van der Waals surface area contributed by atoms with Crippen LogP contribution in [0.3, 0.4) is 0 Å². The first kappa shape index (κ1) is 20.4. The Morgan fingerprint density at radius 3 is 2.46 bits per heavy atom. The molecule has 0 amide bonds. The molecule has 0 spiro atoms. The number of phosphoric acid groups is 1. The number of nitrogen functional groups attached to an aromatic ring is 1. The van der Waals surface area contributed by atoms with Crippen molar-refractivity contribution in [3.8, 4) is 11.8 Å². The van der Waals surface area contributed by atoms with E-state index in [1.54, 1.807) is 18.2 Å². The molecule has 8 nitrogen and oxygen atoms in total. The van der Waals surface area contributed by atoms with Crippen molar-refractivity contribution in [1.29, 1.82) is 5.26 Å². The van der Waals surface area contributed by atoms with E-state index >= 15 is 0 Å². The first-order valence-corrected chi connectivity index (χ1v) is 9.29. The van der Waals surface area contributed by atoms with Crippen molar-refractivity contribution in [1.82, 2.24) is 4.90 Å². The van der Waals surface area contributed by atoms with Crippen LogP contribution in [0.2, 0.25) is 0 Å². The lowest BCUT2D eigenvalue weighted by Gasteiger charge is -2.26. The maximum Gasteiger partial charge on any atom is 0.466 e. The fourth-order valence-corrected chi connectivity index (χ4v) is 2.40. The number of nitrogens with two attached hydrogens (primary N) is 1. The standard InChI is InChI=1S/C15H21N3O.H3O4P/c16-12-13-5-6-14(17)11-15(13)19-10-4-9-18-7-2-1-3-8-18;1-5(2,3)4/h5-6,11H,1-4,7-10,17H2;(H3,1,2,3,4). The van der Waals surface area contributed by atoms with Crippen LogP contribution in [-0.4, -0.2) is 45.8 Å². The Morgan fingerprint density at radius 2 is 1.88 bits per heavy atom. The third kappa shape index (κ3) is 9.50. The van der Waals surface area contributed by atoms with Gasteiger partial charge in [-0.25, -0.2) is 4.57 Å². The second-order valence-corrected chi connectivity index (χ2v) is 6.51. The van der Waals surface area contributed by atoms with Gasteiger partial charge in [0.25, 0.3) is 0 Å². The molecule has 2 rings (SSSR count). The molecule has 0 bridgehead atoms. The predicted molar refractivity (Wildman–Crippen MR) is 90.2 cm³/mol. The van der Waals surface area contributed by atoms with Gasteiger partial charge in [-0.1, -0.05) is 6.42 Å². The molecular formula is C15H24N3O5P. The topological polar surface area (TPSA) is 140 Å². The van der Waals surface area contributed by atoms with Crippen LogP contribution < -0.4 is 10.5 Å². The molecule has 1 aliphatic rings. The quantitative estimate of drug-likeness (QED) is 0.353. The van der Waals surface area contributed by atoms with Gasteiger partial charge in [-0.2, -0.15) is 5.26 Å². The summed E-state index contributed by atoms with van der Waals surface area (Å²) in [5.74, 6) is 0.598. The molecule has 1 aliphatic heterocycles. The number of hydrogen-bond acceptors (Lipinski definition) is 5. The molecule has 1 fully saturated rings. The minimum atomic E-state index is -4.64. The summed E-state index contributed by atoms with van der Waals surface area (Å²) in [4.78, 5) is 24.0. The zero-order valence-corrected chi connectivity index (χ0v) is 14.4. The summed E-state index contributed by atoms with van der Waals surface area (Å²) in [5.41, 5.74) is 6.88. The van der Waals surface area contributed by atoms with Crippen LogP contribution >= 0.6 is 7.82 Å². The summed E-state index contributed by atoms with van der Waals surface area (Å²) in [6.07, 6.45) is 4.98. The number of hydrogen-bond donors (Lipinski definition) is 4. The number of anilines is 1. The van der Waals surface area contributed by atoms with Crippen LogP contribution in [0.15, 0.2) is 18.2 Å². The van der Waals surface area contributed by atoms with Crippen molar-refractivity contribution >= 4 is 13.5 Å². The molecule has 5 N–H and O–H groups in total. The Kier molecular flexibility index (Phi) is 8.76. The molecule has 0 radical (unpaired) electrons. The van der Waals surface area contributed by atoms with Gasteiger partial charge in [-0.05, 0) is 44.5 Å². The maximum absolute atomic E-state index is 8.99. The molecule has 24 heavy (non-hydrogen) atoms. The van der Waals surface area contributed by atoms with Gasteiger partial charge in [-0.3, -0.25) is 0 Å². The van der Waals surface area contributed by atoms with E-state index in [1.807, 2.05) is 0 Å². The first-order chi connectivity index (χ1) is 11.3. The normalized spacial score (nSPS) is 15.1. The zero-order valence-electron chi connectivity index (χ0n) is 13.5. The van der Waals surface area contributed by atoms with Crippen LogP contribution in [0.25, 0.3) is 0 Å². The highest BCUT2D eigenvalue weighted by Crippen LogP contribution is 2.25. The van der Waals surface area contributed by atoms with Gasteiger partial charge in [0.1, 0.15) is 11.8 Å². The maximum atomic E-state index is 8.99. The van der Waals surface area contributed by atoms with E-state index in [9.17, 15) is 0 Å². The summed E-state index contributed by atoms with van der Waals surface area (Å²) >= 11 is 0. The summed E-state index contributed by atoms with van der Waals surface area (Å²) in [5, 5.41) is 8.99. The molecule has 0 aromatic heterocycles. The third-order valence-electron chi connectivity index (χ3n) is 3.45. The third-order valence-corrected chi connectivity index (χ3v) is 3.45. The highest BCUT2D eigenvalue weighted by atomic mass is 31.2. The fourth-order valence-electron chi connectivity index (χ4n) is 2.40. The van der Waals surface area contributed by atoms with Crippen LogP contribution in [-0.2, 0) is 4.57 Å². The molecule has 9 heteroatoms. The first-order valence-electron chi connectivity index (χ1n) is 7.72. The van der Waals surface area contributed by atoms with Crippen molar-refractivity contribution in [2.24, 2.45) is 0 Å². The SMILES string of the molecule is N#Cc1ccc(N)cc1OCCCN1CCCCC1.O=P(O)(O)O. The number of benzene rings is 1. The number of nitrogens with zero attached hydrogens (tertiary/aromatic N) is 2. The van der Waals surface area contributed by atoms with Gasteiger partial charge in [0.2, 0.25) is 0 Å². The van der Waals surface area contributed by atoms with Gasteiger partial charge >= 0.3 is 7.82 Å². The van der Waals surface area contributed by atoms with Crippen molar-refractivity contribution < 1.29 is 24.0 Å². The second-order valence-electron chi connectivity index (χ2n) is 5.48. The van der Waals surface area contributed by atoms with E-state index < -0.39 is 7.82 Å². The van der Waals surface area contributed by atoms with E-state index in [2.05, 4.69) is 11.0 Å². The van der Waals surface area contributed by atoms with Crippen molar-refractivity contribution in [2.45, 2.75) is 25.7 Å². The number of rotatable bonds is 5. The molecule has 1 saturated heterocycles. The number of likely N-dealkylation sites (tertiary alicyclic amines) is 1. The van der Waals surface area contributed by atoms with E-state index in [0.717, 1.165) is 13.0 Å². The predicted octanol–water partition coefficient (Wildman–Crippen LogP) is 1.47. The van der Waals surface area contributed by atoms with Crippen molar-refractivity contribution in [3.63, 3.8) is 0 Å². The molecule has 0 atom stereocenters. The zero-order chi connectivity index (χ0) is 18.0. The molecule has 0 saturated carbocycles. The lowest BCUT2D eigenvalue weighted by Crippen LogP contribution is -2.31. The average molecular weight is 357 g/mol. The van der Waals surface area contributed by atoms with E-state index in [-0.39, 0.29) is 0 Å². The van der Waals surface area contributed by atoms with Crippen molar-refractivity contribution in [3.05, 3.63) is 23.8 Å². The van der Waals surface area contributed by atoms with E-state index in [1.165, 1.54) is 32.4 Å². The molecule has 0 unspecified atom stereocenters. The summed E-state index contributed by atoms with van der Waals surface area (Å²) in [7, 11) is -4.64. The molecule has 1 heterocycles. The minimum Gasteiger partial charge on any atom is -0.492 e. The van der Waals surface area contributed by atoms with Gasteiger partial charge in [-0.15, -0.1) is 0 Å². The molecule has 1 aromatic carbocycles. The minimum absolute atomic E-state index is 0.548. The van der Waals surface area contributed by atoms with Crippen LogP contribution in [0.4, 0.5) is 5.69 Å². The van der Waals surface area contributed by atoms with E-state index in [4.69, 9.17) is 35.0 Å². The Balaban J connectivity index is 0.000000505. The van der Waals surface area contributed by atoms with Gasteiger partial charge < -0.3 is 30.1 Å². The smallest absolute Gasteiger partial charge is 0.466 e. The van der Waals surface area contributed by atoms with E-state index in [0.29, 0.717) is 23.6 Å². The highest BCUT2D eigenvalue weighted by Gasteiger charge is 2.09. The number of nitriles is 1. The van der Waals surface area contributed by atoms with Crippen LogP contribution in [0.5, 0.6) is 5.75 Å². The van der Waals surface area contributed by atoms with Gasteiger partial charge in [0.05, 0.1) is 12.2 Å². The lowest BCUT2D eigenvalue weighted by atomic mass is 10.1. The monoisotopic (exact) mass is 357 g/mol. The molecular weight excluding hydrogens is 333 g/mol. The van der Waals surface area contributed by atoms with Gasteiger partial charge in [0, 0.05) is 18.3 Å². The average Bonchev–Trinajstić information content (AvgIpc) is 2.51. The Hall–Kier alpha value is -1.62. The molecule has 1 aromatic rings. The summed E-state index contributed by atoms with van der Waals surface area (Å²) in [6.45, 7) is 4.13. The Bertz CT molecular complexity index is 585. The Labute approximate surface area is 141 Å². The summed E-state index contributed by atoms with van der Waals surface area (Å²) < 4.78 is 14.6. The van der Waals surface area contributed by atoms with Gasteiger partial charge in [0.15, 0.2) is 0 Å². The second kappa shape index (κ2) is 10.3. The number of ether oxygens (including phenoxy) is 1. The lowest BCUT2D eigenvalue weighted by molar-refractivity contribution is 0.205. The van der Waals surface area contributed by atoms with Crippen LogP contribution in [0.1, 0.15) is 31.2 Å². The molecule has 134 valence electrons. The van der Waals surface area contributed by atoms with Crippen LogP contribution in [0, 0.1) is 11.3 Å². The Morgan fingerprint density at radius 1 is 1.25 bits per heavy atom. The summed E-state index contributed by atoms with van der Waals surface area (Å²) in [6, 6.07) is 7.27. The highest BCUT2D eigenvalue weighted by molar-refractivity contribution is 7.45. The largest absolute Gasteiger partial charge is 0.492 e.